The minimum Gasteiger partial charge on any atom is -0.490 e. The van der Waals surface area contributed by atoms with E-state index >= 15 is 0 Å². The number of hydrogen-bond acceptors (Lipinski definition) is 6. The molecule has 0 aromatic heterocycles. The minimum absolute atomic E-state index is 0.0715. The third-order valence-electron chi connectivity index (χ3n) is 5.82. The van der Waals surface area contributed by atoms with E-state index in [1.54, 1.807) is 24.3 Å². The van der Waals surface area contributed by atoms with Crippen LogP contribution < -0.4 is 20.7 Å². The van der Waals surface area contributed by atoms with Crippen LogP contribution in [0.25, 0.3) is 0 Å². The lowest BCUT2D eigenvalue weighted by Crippen LogP contribution is -2.47. The number of benzene rings is 1. The second kappa shape index (κ2) is 21.4. The van der Waals surface area contributed by atoms with Gasteiger partial charge in [0.05, 0.1) is 25.4 Å². The molecule has 1 atom stereocenters. The fourth-order valence-corrected chi connectivity index (χ4v) is 3.69. The summed E-state index contributed by atoms with van der Waals surface area (Å²) in [5, 5.41) is 17.4. The van der Waals surface area contributed by atoms with Crippen molar-refractivity contribution in [3.63, 3.8) is 0 Å². The first-order valence-corrected chi connectivity index (χ1v) is 13.8. The quantitative estimate of drug-likeness (QED) is 0.173. The topological polar surface area (TPSA) is 126 Å². The molecule has 0 heterocycles. The van der Waals surface area contributed by atoms with E-state index in [1.807, 2.05) is 0 Å². The van der Waals surface area contributed by atoms with E-state index in [1.165, 1.54) is 0 Å². The van der Waals surface area contributed by atoms with Gasteiger partial charge in [0.25, 0.3) is 5.91 Å². The summed E-state index contributed by atoms with van der Waals surface area (Å²) in [5.41, 5.74) is 0.297. The second-order valence-corrected chi connectivity index (χ2v) is 9.01. The highest BCUT2D eigenvalue weighted by molar-refractivity contribution is 5.99. The van der Waals surface area contributed by atoms with Crippen LogP contribution in [0.2, 0.25) is 0 Å². The third kappa shape index (κ3) is 15.3. The van der Waals surface area contributed by atoms with Gasteiger partial charge in [-0.1, -0.05) is 64.5 Å². The van der Waals surface area contributed by atoms with Crippen LogP contribution in [-0.2, 0) is 14.3 Å². The van der Waals surface area contributed by atoms with Crippen LogP contribution in [0.15, 0.2) is 24.3 Å². The molecule has 0 aliphatic heterocycles. The Balaban J connectivity index is 2.73. The maximum Gasteiger partial charge on any atom is 0.255 e. The van der Waals surface area contributed by atoms with E-state index in [2.05, 4.69) is 29.8 Å². The van der Waals surface area contributed by atoms with E-state index in [4.69, 9.17) is 14.6 Å². The van der Waals surface area contributed by atoms with Gasteiger partial charge in [-0.05, 0) is 31.4 Å². The highest BCUT2D eigenvalue weighted by Gasteiger charge is 2.23. The first-order valence-electron chi connectivity index (χ1n) is 13.8. The van der Waals surface area contributed by atoms with Crippen molar-refractivity contribution in [1.29, 1.82) is 0 Å². The number of nitrogens with one attached hydrogen (secondary N) is 3. The van der Waals surface area contributed by atoms with Crippen molar-refractivity contribution in [1.82, 2.24) is 16.0 Å². The van der Waals surface area contributed by atoms with Gasteiger partial charge >= 0.3 is 0 Å². The molecule has 37 heavy (non-hydrogen) atoms. The first kappa shape index (κ1) is 32.4. The molecule has 0 fully saturated rings. The summed E-state index contributed by atoms with van der Waals surface area (Å²) in [4.78, 5) is 38.4. The zero-order valence-corrected chi connectivity index (χ0v) is 22.7. The van der Waals surface area contributed by atoms with E-state index < -0.39 is 11.9 Å². The van der Waals surface area contributed by atoms with Crippen LogP contribution in [0.5, 0.6) is 5.75 Å². The Morgan fingerprint density at radius 2 is 1.54 bits per heavy atom. The van der Waals surface area contributed by atoms with Crippen LogP contribution >= 0.6 is 0 Å². The van der Waals surface area contributed by atoms with Crippen molar-refractivity contribution < 1.29 is 29.0 Å². The molecule has 210 valence electrons. The molecule has 9 nitrogen and oxygen atoms in total. The molecule has 9 heteroatoms. The second-order valence-electron chi connectivity index (χ2n) is 9.01. The molecule has 0 spiro atoms. The first-order chi connectivity index (χ1) is 18.0. The van der Waals surface area contributed by atoms with Crippen molar-refractivity contribution >= 4 is 17.7 Å². The van der Waals surface area contributed by atoms with Crippen LogP contribution in [0.1, 0.15) is 88.4 Å². The number of aliphatic hydroxyl groups excluding tert-OH is 1. The number of aliphatic hydroxyl groups is 1. The van der Waals surface area contributed by atoms with Gasteiger partial charge in [0.1, 0.15) is 18.4 Å². The Labute approximate surface area is 222 Å². The Hall–Kier alpha value is -2.65. The number of carbonyl (C=O) groups is 3. The molecule has 4 N–H and O–H groups in total. The summed E-state index contributed by atoms with van der Waals surface area (Å²) in [6, 6.07) is 5.94. The number of amides is 3. The maximum absolute atomic E-state index is 13.1. The lowest BCUT2D eigenvalue weighted by molar-refractivity contribution is -0.124. The molecular formula is C28H47N3O6. The van der Waals surface area contributed by atoms with Crippen molar-refractivity contribution in [2.45, 2.75) is 84.1 Å². The largest absolute Gasteiger partial charge is 0.490 e. The standard InChI is InChI=1S/C28H47N3O6/c1-3-5-7-11-17-29-26(33)16-15-24(28(35)30-18-12-8-6-4-2)31-27(34)23-13-9-10-14-25(23)37-22-21-36-20-19-32/h9-10,13-14,24,32H,3-8,11-12,15-22H2,1-2H3,(H,29,33)(H,30,35)(H,31,34). The van der Waals surface area contributed by atoms with Crippen LogP contribution in [-0.4, -0.2) is 68.4 Å². The number of rotatable bonds is 22. The van der Waals surface area contributed by atoms with Gasteiger partial charge in [0.2, 0.25) is 11.8 Å². The SMILES string of the molecule is CCCCCCNC(=O)CCC(NC(=O)c1ccccc1OCCOCCO)C(=O)NCCCCCC. The summed E-state index contributed by atoms with van der Waals surface area (Å²) < 4.78 is 10.9. The fraction of sp³-hybridized carbons (Fsp3) is 0.679. The summed E-state index contributed by atoms with van der Waals surface area (Å²) in [7, 11) is 0. The number of hydrogen-bond donors (Lipinski definition) is 4. The molecule has 1 aromatic rings. The molecular weight excluding hydrogens is 474 g/mol. The van der Waals surface area contributed by atoms with E-state index in [0.717, 1.165) is 51.4 Å². The fourth-order valence-electron chi connectivity index (χ4n) is 3.69. The Morgan fingerprint density at radius 3 is 2.22 bits per heavy atom. The molecule has 1 unspecified atom stereocenters. The highest BCUT2D eigenvalue weighted by Crippen LogP contribution is 2.18. The lowest BCUT2D eigenvalue weighted by Gasteiger charge is -2.19. The average Bonchev–Trinajstić information content (AvgIpc) is 2.90. The highest BCUT2D eigenvalue weighted by atomic mass is 16.5. The minimum atomic E-state index is -0.842. The lowest BCUT2D eigenvalue weighted by atomic mass is 10.1. The Morgan fingerprint density at radius 1 is 0.865 bits per heavy atom. The number of ether oxygens (including phenoxy) is 2. The van der Waals surface area contributed by atoms with E-state index in [-0.39, 0.29) is 51.1 Å². The van der Waals surface area contributed by atoms with Crippen molar-refractivity contribution in [2.24, 2.45) is 0 Å². The molecule has 0 saturated heterocycles. The predicted molar refractivity (Wildman–Crippen MR) is 145 cm³/mol. The van der Waals surface area contributed by atoms with Gasteiger partial charge in [-0.25, -0.2) is 0 Å². The van der Waals surface area contributed by atoms with Crippen LogP contribution in [0.3, 0.4) is 0 Å². The normalized spacial score (nSPS) is 11.5. The molecule has 0 bridgehead atoms. The van der Waals surface area contributed by atoms with Gasteiger partial charge in [0.15, 0.2) is 0 Å². The predicted octanol–water partition coefficient (Wildman–Crippen LogP) is 3.35. The molecule has 0 aliphatic carbocycles. The average molecular weight is 522 g/mol. The maximum atomic E-state index is 13.1. The van der Waals surface area contributed by atoms with E-state index in [9.17, 15) is 14.4 Å². The van der Waals surface area contributed by atoms with Crippen molar-refractivity contribution in [3.8, 4) is 5.75 Å². The monoisotopic (exact) mass is 521 g/mol. The summed E-state index contributed by atoms with van der Waals surface area (Å²) in [6.07, 6.45) is 8.73. The van der Waals surface area contributed by atoms with Gasteiger partial charge in [-0.2, -0.15) is 0 Å². The Bertz CT molecular complexity index is 774. The summed E-state index contributed by atoms with van der Waals surface area (Å²) in [6.45, 7) is 6.04. The molecule has 1 rings (SSSR count). The zero-order valence-electron chi connectivity index (χ0n) is 22.7. The number of para-hydroxylation sites is 1. The van der Waals surface area contributed by atoms with Crippen molar-refractivity contribution in [2.75, 3.05) is 39.5 Å². The molecule has 3 amide bonds. The molecule has 1 aromatic carbocycles. The van der Waals surface area contributed by atoms with Crippen molar-refractivity contribution in [3.05, 3.63) is 29.8 Å². The molecule has 0 aliphatic rings. The van der Waals surface area contributed by atoms with Gasteiger partial charge < -0.3 is 30.5 Å². The summed E-state index contributed by atoms with van der Waals surface area (Å²) >= 11 is 0. The van der Waals surface area contributed by atoms with Gasteiger partial charge in [-0.3, -0.25) is 14.4 Å². The number of unbranched alkanes of at least 4 members (excludes halogenated alkanes) is 6. The van der Waals surface area contributed by atoms with Crippen LogP contribution in [0.4, 0.5) is 0 Å². The smallest absolute Gasteiger partial charge is 0.255 e. The molecule has 0 saturated carbocycles. The van der Waals surface area contributed by atoms with Gasteiger partial charge in [-0.15, -0.1) is 0 Å². The summed E-state index contributed by atoms with van der Waals surface area (Å²) in [5.74, 6) is -0.497. The zero-order chi connectivity index (χ0) is 27.1. The van der Waals surface area contributed by atoms with Crippen LogP contribution in [0, 0.1) is 0 Å². The number of carbonyl (C=O) groups excluding carboxylic acids is 3. The molecule has 0 radical (unpaired) electrons. The van der Waals surface area contributed by atoms with E-state index in [0.29, 0.717) is 24.4 Å². The third-order valence-corrected chi connectivity index (χ3v) is 5.82. The Kier molecular flexibility index (Phi) is 18.8. The van der Waals surface area contributed by atoms with Gasteiger partial charge in [0, 0.05) is 19.5 Å².